The van der Waals surface area contributed by atoms with Gasteiger partial charge in [0.25, 0.3) is 0 Å². The fraction of sp³-hybridized carbons (Fsp3) is 0.280. The number of benzene rings is 2. The Bertz CT molecular complexity index is 1350. The zero-order chi connectivity index (χ0) is 23.1. The number of rotatable bonds is 7. The van der Waals surface area contributed by atoms with Crippen molar-refractivity contribution in [3.05, 3.63) is 71.3 Å². The van der Waals surface area contributed by atoms with Crippen LogP contribution in [0.1, 0.15) is 37.1 Å². The molecule has 2 aliphatic carbocycles. The third-order valence-corrected chi connectivity index (χ3v) is 6.85. The molecule has 2 aliphatic rings. The summed E-state index contributed by atoms with van der Waals surface area (Å²) in [6, 6.07) is 13.2. The van der Waals surface area contributed by atoms with Gasteiger partial charge in [-0.3, -0.25) is 4.79 Å². The monoisotopic (exact) mass is 471 g/mol. The van der Waals surface area contributed by atoms with Crippen LogP contribution in [0.4, 0.5) is 5.69 Å². The molecule has 8 nitrogen and oxygen atoms in total. The molecule has 2 N–H and O–H groups in total. The zero-order valence-corrected chi connectivity index (χ0v) is 19.1. The average molecular weight is 472 g/mol. The van der Waals surface area contributed by atoms with Crippen LogP contribution >= 0.6 is 11.6 Å². The minimum absolute atomic E-state index is 0.0469. The fourth-order valence-electron chi connectivity index (χ4n) is 4.32. The fourth-order valence-corrected chi connectivity index (χ4v) is 4.51. The van der Waals surface area contributed by atoms with E-state index in [0.717, 1.165) is 53.3 Å². The zero-order valence-electron chi connectivity index (χ0n) is 18.3. The molecule has 0 unspecified atom stereocenters. The maximum atomic E-state index is 13.3. The second-order valence-electron chi connectivity index (χ2n) is 9.08. The Balaban J connectivity index is 1.30. The van der Waals surface area contributed by atoms with Crippen molar-refractivity contribution in [3.8, 4) is 22.5 Å². The number of carbonyl (C=O) groups excluding carboxylic acids is 1. The maximum Gasteiger partial charge on any atom is 0.235 e. The lowest BCUT2D eigenvalue weighted by molar-refractivity contribution is -0.118. The second kappa shape index (κ2) is 8.29. The van der Waals surface area contributed by atoms with Crippen molar-refractivity contribution >= 4 is 23.2 Å². The molecule has 0 atom stereocenters. The quantitative estimate of drug-likeness (QED) is 0.407. The number of nitrogens with zero attached hydrogens (tertiary/aromatic N) is 5. The molecule has 1 amide bonds. The molecule has 9 heteroatoms. The van der Waals surface area contributed by atoms with E-state index in [1.807, 2.05) is 54.9 Å². The van der Waals surface area contributed by atoms with Gasteiger partial charge in [0.1, 0.15) is 5.82 Å². The van der Waals surface area contributed by atoms with Crippen molar-refractivity contribution in [1.29, 1.82) is 0 Å². The maximum absolute atomic E-state index is 13.3. The number of halogens is 1. The van der Waals surface area contributed by atoms with E-state index in [0.29, 0.717) is 16.5 Å². The Labute approximate surface area is 201 Å². The number of H-pyrrole nitrogens is 1. The van der Waals surface area contributed by atoms with Crippen LogP contribution in [0.5, 0.6) is 0 Å². The molecule has 2 aromatic heterocycles. The van der Waals surface area contributed by atoms with Gasteiger partial charge < -0.3 is 5.32 Å². The normalized spacial score (nSPS) is 16.3. The number of aromatic nitrogens is 6. The molecule has 0 spiro atoms. The molecule has 2 aromatic carbocycles. The summed E-state index contributed by atoms with van der Waals surface area (Å²) < 4.78 is 0. The highest BCUT2D eigenvalue weighted by Gasteiger charge is 2.51. The lowest BCUT2D eigenvalue weighted by atomic mass is 9.94. The third-order valence-electron chi connectivity index (χ3n) is 6.61. The Morgan fingerprint density at radius 3 is 2.59 bits per heavy atom. The summed E-state index contributed by atoms with van der Waals surface area (Å²) in [6.45, 7) is 0. The number of aromatic amines is 1. The van der Waals surface area contributed by atoms with Crippen molar-refractivity contribution in [2.24, 2.45) is 5.92 Å². The molecule has 0 radical (unpaired) electrons. The predicted octanol–water partition coefficient (Wildman–Crippen LogP) is 4.60. The van der Waals surface area contributed by atoms with Gasteiger partial charge in [-0.15, -0.1) is 10.2 Å². The van der Waals surface area contributed by atoms with Crippen LogP contribution < -0.4 is 5.32 Å². The van der Waals surface area contributed by atoms with Gasteiger partial charge in [-0.05, 0) is 72.2 Å². The van der Waals surface area contributed by atoms with Crippen molar-refractivity contribution < 1.29 is 4.79 Å². The first-order chi connectivity index (χ1) is 16.6. The minimum Gasteiger partial charge on any atom is -0.325 e. The summed E-state index contributed by atoms with van der Waals surface area (Å²) in [6.07, 6.45) is 8.70. The number of hydrogen-bond donors (Lipinski definition) is 2. The largest absolute Gasteiger partial charge is 0.325 e. The summed E-state index contributed by atoms with van der Waals surface area (Å²) in [4.78, 5) is 22.4. The number of amides is 1. The first kappa shape index (κ1) is 20.9. The number of hydrogen-bond acceptors (Lipinski definition) is 6. The lowest BCUT2D eigenvalue weighted by Gasteiger charge is -2.17. The first-order valence-electron chi connectivity index (χ1n) is 11.4. The minimum atomic E-state index is -0.541. The number of tetrazole rings is 1. The van der Waals surface area contributed by atoms with Gasteiger partial charge in [-0.2, -0.15) is 5.21 Å². The van der Waals surface area contributed by atoms with Crippen LogP contribution in [-0.4, -0.2) is 36.5 Å². The molecule has 6 rings (SSSR count). The molecular weight excluding hydrogens is 450 g/mol. The van der Waals surface area contributed by atoms with Gasteiger partial charge in [0, 0.05) is 40.7 Å². The van der Waals surface area contributed by atoms with E-state index in [4.69, 9.17) is 11.6 Å². The van der Waals surface area contributed by atoms with Gasteiger partial charge >= 0.3 is 0 Å². The number of nitrogens with one attached hydrogen (secondary N) is 2. The van der Waals surface area contributed by atoms with Crippen LogP contribution in [0.3, 0.4) is 0 Å². The van der Waals surface area contributed by atoms with E-state index in [2.05, 4.69) is 35.9 Å². The molecule has 0 aliphatic heterocycles. The van der Waals surface area contributed by atoms with E-state index < -0.39 is 5.41 Å². The van der Waals surface area contributed by atoms with Gasteiger partial charge in [0.15, 0.2) is 0 Å². The molecular formula is C25H22ClN7O. The van der Waals surface area contributed by atoms with Crippen LogP contribution in [0.2, 0.25) is 5.02 Å². The van der Waals surface area contributed by atoms with Crippen LogP contribution in [-0.2, 0) is 16.6 Å². The van der Waals surface area contributed by atoms with Crippen molar-refractivity contribution in [3.63, 3.8) is 0 Å². The highest BCUT2D eigenvalue weighted by Crippen LogP contribution is 2.49. The Hall–Kier alpha value is -3.65. The summed E-state index contributed by atoms with van der Waals surface area (Å²) in [5, 5.41) is 18.2. The summed E-state index contributed by atoms with van der Waals surface area (Å²) in [5.41, 5.74) is 3.52. The Kier molecular flexibility index (Phi) is 5.10. The van der Waals surface area contributed by atoms with E-state index >= 15 is 0 Å². The summed E-state index contributed by atoms with van der Waals surface area (Å²) >= 11 is 6.17. The molecule has 2 fully saturated rings. The standard InChI is InChI=1S/C25H22ClN7O/c26-18-3-1-2-17(11-18)25(8-9-25)24(34)29-19-6-7-20(21(12-19)23-30-32-33-31-23)16-13-27-22(28-14-16)10-15-4-5-15/h1-3,6-7,11-15H,4-5,8-10H2,(H,29,34)(H,30,31,32,33). The van der Waals surface area contributed by atoms with Crippen molar-refractivity contribution in [2.45, 2.75) is 37.5 Å². The lowest BCUT2D eigenvalue weighted by Crippen LogP contribution is -2.27. The molecule has 2 saturated carbocycles. The average Bonchev–Trinajstić information content (AvgIpc) is 3.78. The number of anilines is 1. The molecule has 4 aromatic rings. The first-order valence-corrected chi connectivity index (χ1v) is 11.8. The molecule has 34 heavy (non-hydrogen) atoms. The highest BCUT2D eigenvalue weighted by molar-refractivity contribution is 6.30. The second-order valence-corrected chi connectivity index (χ2v) is 9.51. The molecule has 0 bridgehead atoms. The van der Waals surface area contributed by atoms with E-state index in [9.17, 15) is 4.79 Å². The molecule has 170 valence electrons. The topological polar surface area (TPSA) is 109 Å². The van der Waals surface area contributed by atoms with E-state index in [-0.39, 0.29) is 5.91 Å². The predicted molar refractivity (Wildman–Crippen MR) is 128 cm³/mol. The van der Waals surface area contributed by atoms with Crippen molar-refractivity contribution in [1.82, 2.24) is 30.6 Å². The van der Waals surface area contributed by atoms with Gasteiger partial charge in [-0.1, -0.05) is 29.8 Å². The Morgan fingerprint density at radius 1 is 1.09 bits per heavy atom. The van der Waals surface area contributed by atoms with Crippen LogP contribution in [0.25, 0.3) is 22.5 Å². The third kappa shape index (κ3) is 4.05. The molecule has 2 heterocycles. The van der Waals surface area contributed by atoms with Crippen LogP contribution in [0, 0.1) is 5.92 Å². The molecule has 0 saturated heterocycles. The summed E-state index contributed by atoms with van der Waals surface area (Å²) in [7, 11) is 0. The van der Waals surface area contributed by atoms with Gasteiger partial charge in [0.2, 0.25) is 11.7 Å². The van der Waals surface area contributed by atoms with Gasteiger partial charge in [0.05, 0.1) is 5.41 Å². The Morgan fingerprint density at radius 2 is 1.91 bits per heavy atom. The van der Waals surface area contributed by atoms with Gasteiger partial charge in [-0.25, -0.2) is 9.97 Å². The van der Waals surface area contributed by atoms with E-state index in [1.165, 1.54) is 12.8 Å². The van der Waals surface area contributed by atoms with Crippen LogP contribution in [0.15, 0.2) is 54.9 Å². The smallest absolute Gasteiger partial charge is 0.235 e. The van der Waals surface area contributed by atoms with Crippen molar-refractivity contribution in [2.75, 3.05) is 5.32 Å². The van der Waals surface area contributed by atoms with E-state index in [1.54, 1.807) is 0 Å². The summed E-state index contributed by atoms with van der Waals surface area (Å²) in [5.74, 6) is 1.98. The SMILES string of the molecule is O=C(Nc1ccc(-c2cnc(CC3CC3)nc2)c(-c2nn[nH]n2)c1)C1(c2cccc(Cl)c2)CC1. The number of carbonyl (C=O) groups is 1. The highest BCUT2D eigenvalue weighted by atomic mass is 35.5.